The highest BCUT2D eigenvalue weighted by atomic mass is 16.6. The van der Waals surface area contributed by atoms with Crippen molar-refractivity contribution >= 4 is 28.5 Å². The van der Waals surface area contributed by atoms with Crippen LogP contribution in [0.5, 0.6) is 5.75 Å². The van der Waals surface area contributed by atoms with Crippen molar-refractivity contribution in [2.45, 2.75) is 6.54 Å². The molecule has 0 unspecified atom stereocenters. The highest BCUT2D eigenvalue weighted by Gasteiger charge is 2.35. The minimum atomic E-state index is -1.01. The van der Waals surface area contributed by atoms with Crippen molar-refractivity contribution in [3.8, 4) is 5.75 Å². The van der Waals surface area contributed by atoms with Crippen molar-refractivity contribution in [2.24, 2.45) is 0 Å². The normalized spacial score (nSPS) is 11.5. The molecule has 4 aromatic rings. The predicted molar refractivity (Wildman–Crippen MR) is 130 cm³/mol. The Balaban J connectivity index is 2.01. The summed E-state index contributed by atoms with van der Waals surface area (Å²) in [5.41, 5.74) is -3.12. The highest BCUT2D eigenvalue weighted by Crippen LogP contribution is 2.39. The Labute approximate surface area is 213 Å². The van der Waals surface area contributed by atoms with E-state index in [2.05, 4.69) is 5.10 Å². The zero-order valence-electron chi connectivity index (χ0n) is 19.7. The molecule has 0 radical (unpaired) electrons. The molecular weight excluding hydrogens is 500 g/mol. The summed E-state index contributed by atoms with van der Waals surface area (Å²) in [6.07, 6.45) is 2.52. The lowest BCUT2D eigenvalue weighted by Crippen LogP contribution is -2.34. The number of methoxy groups -OCH3 is 1. The first-order valence-corrected chi connectivity index (χ1v) is 10.8. The van der Waals surface area contributed by atoms with Gasteiger partial charge in [0.2, 0.25) is 6.33 Å². The predicted octanol–water partition coefficient (Wildman–Crippen LogP) is 2.69. The van der Waals surface area contributed by atoms with Gasteiger partial charge in [0.25, 0.3) is 23.4 Å². The first-order valence-electron chi connectivity index (χ1n) is 10.8. The summed E-state index contributed by atoms with van der Waals surface area (Å²) in [6, 6.07) is 16.0. The van der Waals surface area contributed by atoms with E-state index in [1.807, 2.05) is 30.3 Å². The molecule has 0 saturated heterocycles. The molecule has 0 bridgehead atoms. The molecular formula is C24H18N6O8. The molecule has 0 amide bonds. The molecule has 3 aromatic carbocycles. The monoisotopic (exact) mass is 518 g/mol. The highest BCUT2D eigenvalue weighted by molar-refractivity contribution is 5.89. The van der Waals surface area contributed by atoms with E-state index in [-0.39, 0.29) is 12.1 Å². The molecule has 4 rings (SSSR count). The number of benzene rings is 3. The van der Waals surface area contributed by atoms with Gasteiger partial charge in [-0.2, -0.15) is 0 Å². The largest absolute Gasteiger partial charge is 0.870 e. The summed E-state index contributed by atoms with van der Waals surface area (Å²) in [5, 5.41) is 53.3. The van der Waals surface area contributed by atoms with Crippen LogP contribution < -0.4 is 14.4 Å². The van der Waals surface area contributed by atoms with Gasteiger partial charge in [-0.05, 0) is 23.3 Å². The van der Waals surface area contributed by atoms with Crippen LogP contribution in [0.1, 0.15) is 16.7 Å². The molecule has 38 heavy (non-hydrogen) atoms. The van der Waals surface area contributed by atoms with E-state index < -0.39 is 48.9 Å². The van der Waals surface area contributed by atoms with Crippen molar-refractivity contribution in [2.75, 3.05) is 7.11 Å². The van der Waals surface area contributed by atoms with Crippen molar-refractivity contribution in [1.82, 2.24) is 9.78 Å². The summed E-state index contributed by atoms with van der Waals surface area (Å²) in [5.74, 6) is -0.393. The first-order chi connectivity index (χ1) is 18.2. The molecule has 14 heteroatoms. The second-order valence-electron chi connectivity index (χ2n) is 7.87. The SMILES string of the molecule is COc1ccc(/C([O-])=C(/c2c([N+](=O)[O-])cc([N+](=O)[O-])cc2[N+](=O)[O-])[n+]2cnn(Cc3ccccc3)c2)cc1. The lowest BCUT2D eigenvalue weighted by Gasteiger charge is -2.18. The van der Waals surface area contributed by atoms with E-state index in [4.69, 9.17) is 4.74 Å². The first kappa shape index (κ1) is 25.4. The Morgan fingerprint density at radius 1 is 0.921 bits per heavy atom. The van der Waals surface area contributed by atoms with Gasteiger partial charge < -0.3 is 9.84 Å². The lowest BCUT2D eigenvalue weighted by atomic mass is 10.0. The summed E-state index contributed by atoms with van der Waals surface area (Å²) in [6.45, 7) is 0.266. The van der Waals surface area contributed by atoms with E-state index in [0.717, 1.165) is 10.1 Å². The summed E-state index contributed by atoms with van der Waals surface area (Å²) in [4.78, 5) is 32.3. The molecule has 0 fully saturated rings. The second kappa shape index (κ2) is 10.5. The molecule has 0 aliphatic rings. The van der Waals surface area contributed by atoms with E-state index in [1.165, 1.54) is 48.7 Å². The number of nitrogens with zero attached hydrogens (tertiary/aromatic N) is 6. The van der Waals surface area contributed by atoms with Crippen LogP contribution in [0, 0.1) is 30.3 Å². The van der Waals surface area contributed by atoms with Gasteiger partial charge in [0, 0.05) is 5.10 Å². The maximum absolute atomic E-state index is 13.8. The zero-order chi connectivity index (χ0) is 27.4. The third kappa shape index (κ3) is 5.13. The Morgan fingerprint density at radius 2 is 1.53 bits per heavy atom. The molecule has 0 spiro atoms. The maximum Gasteiger partial charge on any atom is 0.294 e. The van der Waals surface area contributed by atoms with Crippen molar-refractivity contribution < 1.29 is 29.2 Å². The van der Waals surface area contributed by atoms with Gasteiger partial charge in [0.1, 0.15) is 18.0 Å². The van der Waals surface area contributed by atoms with Crippen LogP contribution >= 0.6 is 0 Å². The average Bonchev–Trinajstić information content (AvgIpc) is 3.36. The molecule has 192 valence electrons. The molecule has 1 heterocycles. The van der Waals surface area contributed by atoms with Crippen LogP contribution in [-0.2, 0) is 6.54 Å². The molecule has 0 N–H and O–H groups in total. The Hall–Kier alpha value is -5.66. The minimum Gasteiger partial charge on any atom is -0.870 e. The fraction of sp³-hybridized carbons (Fsp3) is 0.0833. The van der Waals surface area contributed by atoms with Crippen molar-refractivity contribution in [3.63, 3.8) is 0 Å². The third-order valence-corrected chi connectivity index (χ3v) is 5.52. The lowest BCUT2D eigenvalue weighted by molar-refractivity contribution is -0.582. The molecule has 1 aromatic heterocycles. The third-order valence-electron chi connectivity index (χ3n) is 5.52. The van der Waals surface area contributed by atoms with Crippen LogP contribution in [-0.4, -0.2) is 31.7 Å². The average molecular weight is 518 g/mol. The topological polar surface area (TPSA) is 183 Å². The number of rotatable bonds is 9. The molecule has 0 aliphatic heterocycles. The van der Waals surface area contributed by atoms with Crippen LogP contribution in [0.4, 0.5) is 17.1 Å². The second-order valence-corrected chi connectivity index (χ2v) is 7.87. The Morgan fingerprint density at radius 3 is 2.05 bits per heavy atom. The molecule has 0 aliphatic carbocycles. The smallest absolute Gasteiger partial charge is 0.294 e. The Bertz CT molecular complexity index is 1530. The van der Waals surface area contributed by atoms with Gasteiger partial charge in [-0.25, -0.2) is 4.57 Å². The van der Waals surface area contributed by atoms with Gasteiger partial charge in [0.05, 0.1) is 34.0 Å². The quantitative estimate of drug-likeness (QED) is 0.106. The Kier molecular flexibility index (Phi) is 7.05. The zero-order valence-corrected chi connectivity index (χ0v) is 19.7. The van der Waals surface area contributed by atoms with Gasteiger partial charge in [0.15, 0.2) is 5.56 Å². The van der Waals surface area contributed by atoms with E-state index >= 15 is 0 Å². The van der Waals surface area contributed by atoms with E-state index in [1.54, 1.807) is 0 Å². The van der Waals surface area contributed by atoms with Crippen LogP contribution in [0.2, 0.25) is 0 Å². The van der Waals surface area contributed by atoms with Gasteiger partial charge in [-0.15, -0.1) is 4.68 Å². The maximum atomic E-state index is 13.8. The minimum absolute atomic E-state index is 0.0334. The van der Waals surface area contributed by atoms with Crippen molar-refractivity contribution in [3.05, 3.63) is 126 Å². The number of nitro benzene ring substituents is 3. The fourth-order valence-electron chi connectivity index (χ4n) is 3.77. The van der Waals surface area contributed by atoms with Gasteiger partial charge >= 0.3 is 0 Å². The number of nitro groups is 3. The summed E-state index contributed by atoms with van der Waals surface area (Å²) >= 11 is 0. The number of hydrogen-bond acceptors (Lipinski definition) is 9. The van der Waals surface area contributed by atoms with Crippen LogP contribution in [0.3, 0.4) is 0 Å². The van der Waals surface area contributed by atoms with E-state index in [0.29, 0.717) is 17.9 Å². The molecule has 14 nitrogen and oxygen atoms in total. The molecule has 0 saturated carbocycles. The number of non-ortho nitro benzene ring substituents is 1. The summed E-state index contributed by atoms with van der Waals surface area (Å²) in [7, 11) is 1.43. The van der Waals surface area contributed by atoms with E-state index in [9.17, 15) is 35.4 Å². The van der Waals surface area contributed by atoms with Crippen molar-refractivity contribution in [1.29, 1.82) is 0 Å². The number of ether oxygens (including phenoxy) is 1. The summed E-state index contributed by atoms with van der Waals surface area (Å²) < 4.78 is 7.65. The fourth-order valence-corrected chi connectivity index (χ4v) is 3.77. The van der Waals surface area contributed by atoms with Gasteiger partial charge in [-0.3, -0.25) is 30.3 Å². The standard InChI is InChI=1S/C24H18N6O8/c1-38-19-9-7-17(8-10-19)24(31)23(26-14-25-27(15-26)13-16-5-3-2-4-6-16)22-20(29(34)35)11-18(28(32)33)12-21(22)30(36)37/h2-12,14-15H,13H2,1H3/b24-23+. The van der Waals surface area contributed by atoms with Crippen LogP contribution in [0.15, 0.2) is 79.4 Å². The number of hydrogen-bond donors (Lipinski definition) is 0. The molecule has 0 atom stereocenters. The van der Waals surface area contributed by atoms with Gasteiger partial charge in [-0.1, -0.05) is 48.2 Å². The van der Waals surface area contributed by atoms with Crippen LogP contribution in [0.25, 0.3) is 11.5 Å². The number of aromatic nitrogens is 3.